The SMILES string of the molecule is COc1cc(/C=C/C(=O)OCC(=O)N2CCOCC2)cc(Cl)c1OC. The second-order valence-electron chi connectivity index (χ2n) is 5.17. The number of halogens is 1. The summed E-state index contributed by atoms with van der Waals surface area (Å²) >= 11 is 6.10. The van der Waals surface area contributed by atoms with Crippen LogP contribution in [0.25, 0.3) is 6.08 Å². The second kappa shape index (κ2) is 9.29. The van der Waals surface area contributed by atoms with Crippen molar-refractivity contribution in [2.24, 2.45) is 0 Å². The average Bonchev–Trinajstić information content (AvgIpc) is 2.64. The van der Waals surface area contributed by atoms with Crippen LogP contribution in [0.15, 0.2) is 18.2 Å². The van der Waals surface area contributed by atoms with Gasteiger partial charge in [-0.3, -0.25) is 4.79 Å². The van der Waals surface area contributed by atoms with Crippen molar-refractivity contribution in [2.75, 3.05) is 47.1 Å². The van der Waals surface area contributed by atoms with Gasteiger partial charge < -0.3 is 23.8 Å². The molecule has 0 bridgehead atoms. The van der Waals surface area contributed by atoms with Gasteiger partial charge in [0.1, 0.15) is 0 Å². The van der Waals surface area contributed by atoms with Crippen molar-refractivity contribution in [2.45, 2.75) is 0 Å². The average molecular weight is 370 g/mol. The number of ether oxygens (including phenoxy) is 4. The number of hydrogen-bond acceptors (Lipinski definition) is 6. The van der Waals surface area contributed by atoms with Gasteiger partial charge in [-0.25, -0.2) is 4.79 Å². The lowest BCUT2D eigenvalue weighted by molar-refractivity contribution is -0.150. The monoisotopic (exact) mass is 369 g/mol. The molecule has 8 heteroatoms. The fourth-order valence-corrected chi connectivity index (χ4v) is 2.58. The van der Waals surface area contributed by atoms with E-state index in [4.69, 9.17) is 30.5 Å². The Hall–Kier alpha value is -2.25. The number of esters is 1. The van der Waals surface area contributed by atoms with E-state index in [9.17, 15) is 9.59 Å². The smallest absolute Gasteiger partial charge is 0.331 e. The molecule has 1 fully saturated rings. The van der Waals surface area contributed by atoms with Gasteiger partial charge in [0.05, 0.1) is 32.5 Å². The summed E-state index contributed by atoms with van der Waals surface area (Å²) in [6, 6.07) is 3.30. The number of morpholine rings is 1. The summed E-state index contributed by atoms with van der Waals surface area (Å²) in [4.78, 5) is 25.3. The van der Waals surface area contributed by atoms with Gasteiger partial charge in [-0.1, -0.05) is 11.6 Å². The van der Waals surface area contributed by atoms with Crippen LogP contribution in [-0.4, -0.2) is 63.9 Å². The molecule has 1 heterocycles. The van der Waals surface area contributed by atoms with E-state index in [1.165, 1.54) is 26.4 Å². The van der Waals surface area contributed by atoms with Crippen molar-refractivity contribution >= 4 is 29.6 Å². The molecule has 0 unspecified atom stereocenters. The van der Waals surface area contributed by atoms with E-state index in [1.807, 2.05) is 0 Å². The lowest BCUT2D eigenvalue weighted by Crippen LogP contribution is -2.42. The molecule has 0 aliphatic carbocycles. The van der Waals surface area contributed by atoms with E-state index in [1.54, 1.807) is 17.0 Å². The number of hydrogen-bond donors (Lipinski definition) is 0. The quantitative estimate of drug-likeness (QED) is 0.562. The van der Waals surface area contributed by atoms with Crippen LogP contribution in [0.5, 0.6) is 11.5 Å². The largest absolute Gasteiger partial charge is 0.493 e. The van der Waals surface area contributed by atoms with Crippen molar-refractivity contribution in [1.29, 1.82) is 0 Å². The lowest BCUT2D eigenvalue weighted by Gasteiger charge is -2.26. The van der Waals surface area contributed by atoms with E-state index in [0.29, 0.717) is 48.4 Å². The molecule has 136 valence electrons. The van der Waals surface area contributed by atoms with E-state index in [0.717, 1.165) is 0 Å². The van der Waals surface area contributed by atoms with Gasteiger partial charge in [0, 0.05) is 19.2 Å². The third-order valence-corrected chi connectivity index (χ3v) is 3.85. The van der Waals surface area contributed by atoms with Gasteiger partial charge in [-0.05, 0) is 23.8 Å². The summed E-state index contributed by atoms with van der Waals surface area (Å²) in [5, 5.41) is 0.359. The Morgan fingerprint density at radius 1 is 1.24 bits per heavy atom. The Labute approximate surface area is 151 Å². The highest BCUT2D eigenvalue weighted by molar-refractivity contribution is 6.32. The molecule has 0 N–H and O–H groups in total. The number of methoxy groups -OCH3 is 2. The predicted octanol–water partition coefficient (Wildman–Crippen LogP) is 1.77. The Kier molecular flexibility index (Phi) is 7.09. The molecule has 7 nitrogen and oxygen atoms in total. The Balaban J connectivity index is 1.91. The first-order valence-electron chi connectivity index (χ1n) is 7.67. The van der Waals surface area contributed by atoms with E-state index in [-0.39, 0.29) is 12.5 Å². The zero-order valence-corrected chi connectivity index (χ0v) is 14.9. The minimum Gasteiger partial charge on any atom is -0.493 e. The van der Waals surface area contributed by atoms with Crippen LogP contribution in [0.1, 0.15) is 5.56 Å². The van der Waals surface area contributed by atoms with Gasteiger partial charge in [-0.15, -0.1) is 0 Å². The molecular formula is C17H20ClNO6. The van der Waals surface area contributed by atoms with Crippen LogP contribution >= 0.6 is 11.6 Å². The fourth-order valence-electron chi connectivity index (χ4n) is 2.28. The van der Waals surface area contributed by atoms with Crippen LogP contribution < -0.4 is 9.47 Å². The molecule has 0 saturated carbocycles. The molecule has 0 aromatic heterocycles. The van der Waals surface area contributed by atoms with Crippen LogP contribution in [-0.2, 0) is 19.1 Å². The Bertz CT molecular complexity index is 655. The maximum Gasteiger partial charge on any atom is 0.331 e. The summed E-state index contributed by atoms with van der Waals surface area (Å²) in [6.45, 7) is 1.72. The number of carbonyl (C=O) groups is 2. The number of benzene rings is 1. The summed E-state index contributed by atoms with van der Waals surface area (Å²) < 4.78 is 20.5. The number of nitrogens with zero attached hydrogens (tertiary/aromatic N) is 1. The third-order valence-electron chi connectivity index (χ3n) is 3.57. The van der Waals surface area contributed by atoms with Crippen LogP contribution in [0.3, 0.4) is 0 Å². The van der Waals surface area contributed by atoms with Gasteiger partial charge in [0.15, 0.2) is 18.1 Å². The maximum absolute atomic E-state index is 11.9. The standard InChI is InChI=1S/C17H20ClNO6/c1-22-14-10-12(9-13(18)17(14)23-2)3-4-16(21)25-11-15(20)19-5-7-24-8-6-19/h3-4,9-10H,5-8,11H2,1-2H3/b4-3+. The van der Waals surface area contributed by atoms with Crippen molar-refractivity contribution in [3.05, 3.63) is 28.8 Å². The van der Waals surface area contributed by atoms with Crippen LogP contribution in [0.2, 0.25) is 5.02 Å². The topological polar surface area (TPSA) is 74.3 Å². The minimum atomic E-state index is -0.618. The molecule has 1 saturated heterocycles. The first-order valence-corrected chi connectivity index (χ1v) is 8.05. The van der Waals surface area contributed by atoms with Crippen molar-refractivity contribution < 1.29 is 28.5 Å². The van der Waals surface area contributed by atoms with Crippen molar-refractivity contribution in [3.8, 4) is 11.5 Å². The molecule has 1 aromatic carbocycles. The second-order valence-corrected chi connectivity index (χ2v) is 5.58. The van der Waals surface area contributed by atoms with Gasteiger partial charge in [0.2, 0.25) is 0 Å². The first-order chi connectivity index (χ1) is 12.0. The summed E-state index contributed by atoms with van der Waals surface area (Å²) in [7, 11) is 2.98. The lowest BCUT2D eigenvalue weighted by atomic mass is 10.2. The molecule has 2 rings (SSSR count). The van der Waals surface area contributed by atoms with Gasteiger partial charge >= 0.3 is 5.97 Å². The van der Waals surface area contributed by atoms with E-state index < -0.39 is 5.97 Å². The maximum atomic E-state index is 11.9. The van der Waals surface area contributed by atoms with Gasteiger partial charge in [-0.2, -0.15) is 0 Å². The molecular weight excluding hydrogens is 350 g/mol. The molecule has 25 heavy (non-hydrogen) atoms. The molecule has 0 spiro atoms. The Morgan fingerprint density at radius 2 is 1.96 bits per heavy atom. The Morgan fingerprint density at radius 3 is 2.60 bits per heavy atom. The van der Waals surface area contributed by atoms with E-state index >= 15 is 0 Å². The van der Waals surface area contributed by atoms with E-state index in [2.05, 4.69) is 0 Å². The van der Waals surface area contributed by atoms with Gasteiger partial charge in [0.25, 0.3) is 5.91 Å². The molecule has 0 atom stereocenters. The summed E-state index contributed by atoms with van der Waals surface area (Å²) in [5.41, 5.74) is 0.638. The molecule has 1 amide bonds. The normalized spacial score (nSPS) is 14.4. The highest BCUT2D eigenvalue weighted by Gasteiger charge is 2.17. The predicted molar refractivity (Wildman–Crippen MR) is 91.9 cm³/mol. The first kappa shape index (κ1) is 19.1. The van der Waals surface area contributed by atoms with Crippen molar-refractivity contribution in [3.63, 3.8) is 0 Å². The fraction of sp³-hybridized carbons (Fsp3) is 0.412. The molecule has 1 aliphatic rings. The zero-order chi connectivity index (χ0) is 18.2. The minimum absolute atomic E-state index is 0.237. The molecule has 1 aliphatic heterocycles. The summed E-state index contributed by atoms with van der Waals surface area (Å²) in [5.74, 6) is 0.0113. The number of carbonyl (C=O) groups excluding carboxylic acids is 2. The highest BCUT2D eigenvalue weighted by Crippen LogP contribution is 2.36. The third kappa shape index (κ3) is 5.37. The summed E-state index contributed by atoms with van der Waals surface area (Å²) in [6.07, 6.45) is 2.75. The zero-order valence-electron chi connectivity index (χ0n) is 14.1. The van der Waals surface area contributed by atoms with Crippen LogP contribution in [0, 0.1) is 0 Å². The highest BCUT2D eigenvalue weighted by atomic mass is 35.5. The van der Waals surface area contributed by atoms with Crippen molar-refractivity contribution in [1.82, 2.24) is 4.90 Å². The number of amides is 1. The molecule has 1 aromatic rings. The number of rotatable bonds is 6. The molecule has 0 radical (unpaired) electrons. The van der Waals surface area contributed by atoms with Crippen LogP contribution in [0.4, 0.5) is 0 Å².